The number of carbonyl (C=O) groups excluding carboxylic acids is 1. The van der Waals surface area contributed by atoms with Crippen molar-refractivity contribution in [2.24, 2.45) is 7.05 Å². The zero-order valence-corrected chi connectivity index (χ0v) is 11.1. The molecule has 5 nitrogen and oxygen atoms in total. The van der Waals surface area contributed by atoms with Crippen LogP contribution in [0.25, 0.3) is 0 Å². The van der Waals surface area contributed by atoms with Gasteiger partial charge in [-0.2, -0.15) is 16.4 Å². The zero-order chi connectivity index (χ0) is 13.1. The molecule has 18 heavy (non-hydrogen) atoms. The summed E-state index contributed by atoms with van der Waals surface area (Å²) in [5, 5.41) is 20.3. The molecule has 0 saturated heterocycles. The molecule has 0 aliphatic heterocycles. The number of carbonyl (C=O) groups is 1. The van der Waals surface area contributed by atoms with E-state index in [9.17, 15) is 9.90 Å². The van der Waals surface area contributed by atoms with Crippen molar-refractivity contribution in [2.75, 3.05) is 6.54 Å². The number of hydrogen-bond acceptors (Lipinski definition) is 4. The number of aromatic nitrogens is 2. The van der Waals surface area contributed by atoms with E-state index >= 15 is 0 Å². The third-order valence-corrected chi connectivity index (χ3v) is 3.57. The maximum Gasteiger partial charge on any atom is 0.254 e. The predicted molar refractivity (Wildman–Crippen MR) is 69.6 cm³/mol. The molecule has 6 heteroatoms. The Balaban J connectivity index is 1.95. The Morgan fingerprint density at radius 2 is 2.44 bits per heavy atom. The van der Waals surface area contributed by atoms with Crippen LogP contribution in [-0.2, 0) is 7.05 Å². The summed E-state index contributed by atoms with van der Waals surface area (Å²) in [5.41, 5.74) is 2.16. The van der Waals surface area contributed by atoms with E-state index in [0.717, 1.165) is 11.3 Å². The summed E-state index contributed by atoms with van der Waals surface area (Å²) in [5.74, 6) is -0.213. The smallest absolute Gasteiger partial charge is 0.254 e. The number of nitrogens with one attached hydrogen (secondary N) is 1. The normalized spacial score (nSPS) is 12.4. The minimum absolute atomic E-state index is 0.198. The highest BCUT2D eigenvalue weighted by Gasteiger charge is 2.14. The van der Waals surface area contributed by atoms with Crippen LogP contribution in [0.3, 0.4) is 0 Å². The van der Waals surface area contributed by atoms with Crippen molar-refractivity contribution in [2.45, 2.75) is 13.0 Å². The van der Waals surface area contributed by atoms with Gasteiger partial charge in [-0.25, -0.2) is 0 Å². The number of amides is 1. The molecular weight excluding hydrogens is 250 g/mol. The number of hydrogen-bond donors (Lipinski definition) is 2. The van der Waals surface area contributed by atoms with Gasteiger partial charge in [-0.3, -0.25) is 9.48 Å². The van der Waals surface area contributed by atoms with E-state index in [1.165, 1.54) is 17.5 Å². The van der Waals surface area contributed by atoms with E-state index in [1.54, 1.807) is 11.7 Å². The number of rotatable bonds is 4. The molecule has 0 aliphatic carbocycles. The summed E-state index contributed by atoms with van der Waals surface area (Å²) < 4.78 is 1.64. The maximum absolute atomic E-state index is 11.9. The van der Waals surface area contributed by atoms with E-state index in [1.807, 2.05) is 23.8 Å². The summed E-state index contributed by atoms with van der Waals surface area (Å²) in [6.07, 6.45) is 0.860. The molecule has 1 atom stereocenters. The third-order valence-electron chi connectivity index (χ3n) is 2.86. The van der Waals surface area contributed by atoms with Gasteiger partial charge in [0.2, 0.25) is 0 Å². The van der Waals surface area contributed by atoms with Crippen molar-refractivity contribution in [3.05, 3.63) is 39.8 Å². The number of aliphatic hydroxyl groups is 1. The summed E-state index contributed by atoms with van der Waals surface area (Å²) >= 11 is 1.52. The van der Waals surface area contributed by atoms with Gasteiger partial charge in [0.05, 0.1) is 17.9 Å². The average molecular weight is 265 g/mol. The van der Waals surface area contributed by atoms with Crippen molar-refractivity contribution in [1.29, 1.82) is 0 Å². The monoisotopic (exact) mass is 265 g/mol. The largest absolute Gasteiger partial charge is 0.387 e. The van der Waals surface area contributed by atoms with Crippen LogP contribution in [0.1, 0.15) is 27.7 Å². The van der Waals surface area contributed by atoms with E-state index in [0.29, 0.717) is 5.56 Å². The topological polar surface area (TPSA) is 67.2 Å². The first-order valence-electron chi connectivity index (χ1n) is 5.56. The molecule has 2 rings (SSSR count). The van der Waals surface area contributed by atoms with Crippen LogP contribution in [0.2, 0.25) is 0 Å². The quantitative estimate of drug-likeness (QED) is 0.874. The maximum atomic E-state index is 11.9. The first-order valence-corrected chi connectivity index (χ1v) is 6.51. The van der Waals surface area contributed by atoms with E-state index < -0.39 is 6.10 Å². The van der Waals surface area contributed by atoms with Crippen LogP contribution in [-0.4, -0.2) is 27.3 Å². The highest BCUT2D eigenvalue weighted by molar-refractivity contribution is 7.07. The van der Waals surface area contributed by atoms with E-state index in [-0.39, 0.29) is 12.5 Å². The average Bonchev–Trinajstić information content (AvgIpc) is 2.98. The summed E-state index contributed by atoms with van der Waals surface area (Å²) in [7, 11) is 1.78. The lowest BCUT2D eigenvalue weighted by Crippen LogP contribution is -2.28. The molecule has 0 radical (unpaired) electrons. The van der Waals surface area contributed by atoms with Crippen LogP contribution >= 0.6 is 11.3 Å². The zero-order valence-electron chi connectivity index (χ0n) is 10.3. The minimum Gasteiger partial charge on any atom is -0.387 e. The standard InChI is InChI=1S/C12H15N3O2S/c1-8-10(5-14-15(8)2)12(17)13-6-11(16)9-3-4-18-7-9/h3-5,7,11,16H,6H2,1-2H3,(H,13,17). The number of aryl methyl sites for hydroxylation is 1. The second-order valence-corrected chi connectivity index (χ2v) is 4.83. The third kappa shape index (κ3) is 2.60. The van der Waals surface area contributed by atoms with Gasteiger partial charge in [-0.1, -0.05) is 0 Å². The fourth-order valence-corrected chi connectivity index (χ4v) is 2.30. The molecule has 0 aliphatic rings. The number of thiophene rings is 1. The molecule has 1 unspecified atom stereocenters. The fraction of sp³-hybridized carbons (Fsp3) is 0.333. The highest BCUT2D eigenvalue weighted by atomic mass is 32.1. The van der Waals surface area contributed by atoms with Crippen molar-refractivity contribution in [1.82, 2.24) is 15.1 Å². The molecule has 0 saturated carbocycles. The second-order valence-electron chi connectivity index (χ2n) is 4.05. The Morgan fingerprint density at radius 1 is 1.67 bits per heavy atom. The van der Waals surface area contributed by atoms with Gasteiger partial charge in [-0.15, -0.1) is 0 Å². The van der Waals surface area contributed by atoms with E-state index in [2.05, 4.69) is 10.4 Å². The Hall–Kier alpha value is -1.66. The lowest BCUT2D eigenvalue weighted by Gasteiger charge is -2.10. The fourth-order valence-electron chi connectivity index (χ4n) is 1.59. The Labute approximate surface area is 109 Å². The highest BCUT2D eigenvalue weighted by Crippen LogP contribution is 2.15. The molecule has 2 aromatic rings. The molecule has 2 N–H and O–H groups in total. The lowest BCUT2D eigenvalue weighted by molar-refractivity contribution is 0.0916. The Morgan fingerprint density at radius 3 is 3.00 bits per heavy atom. The van der Waals surface area contributed by atoms with Crippen LogP contribution in [0.5, 0.6) is 0 Å². The van der Waals surface area contributed by atoms with Gasteiger partial charge < -0.3 is 10.4 Å². The van der Waals surface area contributed by atoms with Crippen molar-refractivity contribution < 1.29 is 9.90 Å². The predicted octanol–water partition coefficient (Wildman–Crippen LogP) is 1.25. The van der Waals surface area contributed by atoms with Gasteiger partial charge in [-0.05, 0) is 29.3 Å². The van der Waals surface area contributed by atoms with Gasteiger partial charge in [0.1, 0.15) is 0 Å². The molecule has 0 spiro atoms. The first-order chi connectivity index (χ1) is 8.59. The van der Waals surface area contributed by atoms with Crippen LogP contribution < -0.4 is 5.32 Å². The first kappa shape index (κ1) is 12.8. The molecular formula is C12H15N3O2S. The molecule has 0 aromatic carbocycles. The number of nitrogens with zero attached hydrogens (tertiary/aromatic N) is 2. The molecule has 0 fully saturated rings. The summed E-state index contributed by atoms with van der Waals surface area (Å²) in [6.45, 7) is 2.03. The Bertz CT molecular complexity index is 534. The Kier molecular flexibility index (Phi) is 3.78. The van der Waals surface area contributed by atoms with Crippen molar-refractivity contribution in [3.8, 4) is 0 Å². The molecule has 96 valence electrons. The van der Waals surface area contributed by atoms with Gasteiger partial charge in [0.15, 0.2) is 0 Å². The summed E-state index contributed by atoms with van der Waals surface area (Å²) in [4.78, 5) is 11.9. The van der Waals surface area contributed by atoms with Crippen molar-refractivity contribution in [3.63, 3.8) is 0 Å². The van der Waals surface area contributed by atoms with Gasteiger partial charge in [0, 0.05) is 19.3 Å². The van der Waals surface area contributed by atoms with Crippen molar-refractivity contribution >= 4 is 17.2 Å². The van der Waals surface area contributed by atoms with Crippen LogP contribution in [0, 0.1) is 6.92 Å². The van der Waals surface area contributed by atoms with Gasteiger partial charge >= 0.3 is 0 Å². The SMILES string of the molecule is Cc1c(C(=O)NCC(O)c2ccsc2)cnn1C. The minimum atomic E-state index is -0.669. The van der Waals surface area contributed by atoms with Gasteiger partial charge in [0.25, 0.3) is 5.91 Å². The molecule has 2 heterocycles. The number of aliphatic hydroxyl groups excluding tert-OH is 1. The second kappa shape index (κ2) is 5.32. The molecule has 0 bridgehead atoms. The molecule has 2 aromatic heterocycles. The van der Waals surface area contributed by atoms with Crippen LogP contribution in [0.15, 0.2) is 23.0 Å². The summed E-state index contributed by atoms with van der Waals surface area (Å²) in [6, 6.07) is 1.84. The molecule has 1 amide bonds. The van der Waals surface area contributed by atoms with Crippen LogP contribution in [0.4, 0.5) is 0 Å². The lowest BCUT2D eigenvalue weighted by atomic mass is 10.2. The van der Waals surface area contributed by atoms with E-state index in [4.69, 9.17) is 0 Å².